The van der Waals surface area contributed by atoms with Crippen LogP contribution in [0.25, 0.3) is 0 Å². The van der Waals surface area contributed by atoms with Crippen molar-refractivity contribution in [2.45, 2.75) is 50.7 Å². The van der Waals surface area contributed by atoms with Gasteiger partial charge in [0.25, 0.3) is 0 Å². The molecule has 2 unspecified atom stereocenters. The van der Waals surface area contributed by atoms with E-state index in [2.05, 4.69) is 0 Å². The average Bonchev–Trinajstić information content (AvgIpc) is 3.27. The van der Waals surface area contributed by atoms with Crippen LogP contribution in [0, 0.1) is 0 Å². The highest BCUT2D eigenvalue weighted by atomic mass is 16.6. The van der Waals surface area contributed by atoms with Gasteiger partial charge in [-0.3, -0.25) is 9.59 Å². The van der Waals surface area contributed by atoms with E-state index in [4.69, 9.17) is 24.4 Å². The molecule has 0 radical (unpaired) electrons. The molecule has 2 aliphatic rings. The minimum atomic E-state index is -0.784. The third kappa shape index (κ3) is 13.6. The van der Waals surface area contributed by atoms with Gasteiger partial charge in [0.15, 0.2) is 0 Å². The Morgan fingerprint density at radius 3 is 1.52 bits per heavy atom. The van der Waals surface area contributed by atoms with Crippen molar-refractivity contribution < 1.29 is 34.0 Å². The van der Waals surface area contributed by atoms with Gasteiger partial charge in [0, 0.05) is 12.8 Å². The van der Waals surface area contributed by atoms with Crippen LogP contribution in [-0.4, -0.2) is 60.8 Å². The number of aliphatic carboxylic acids is 2. The molecular weight excluding hydrogens is 280 g/mol. The number of carboxylic acids is 2. The molecular formula is C14H24O7. The predicted octanol–water partition coefficient (Wildman–Crippen LogP) is 1.30. The van der Waals surface area contributed by atoms with Crippen molar-refractivity contribution in [2.24, 2.45) is 0 Å². The Morgan fingerprint density at radius 1 is 0.857 bits per heavy atom. The van der Waals surface area contributed by atoms with E-state index >= 15 is 0 Å². The normalized spacial score (nSPS) is 22.1. The lowest BCUT2D eigenvalue weighted by Gasteiger charge is -1.96. The molecule has 2 atom stereocenters. The largest absolute Gasteiger partial charge is 0.481 e. The van der Waals surface area contributed by atoms with Gasteiger partial charge in [0.1, 0.15) is 12.2 Å². The van der Waals surface area contributed by atoms with Crippen LogP contribution in [0.2, 0.25) is 0 Å². The zero-order valence-corrected chi connectivity index (χ0v) is 12.2. The van der Waals surface area contributed by atoms with Crippen LogP contribution in [0.3, 0.4) is 0 Å². The summed E-state index contributed by atoms with van der Waals surface area (Å²) in [6.07, 6.45) is 4.07. The zero-order valence-electron chi connectivity index (χ0n) is 12.2. The molecule has 0 spiro atoms. The van der Waals surface area contributed by atoms with E-state index in [1.165, 1.54) is 0 Å². The van der Waals surface area contributed by atoms with E-state index in [1.54, 1.807) is 0 Å². The van der Waals surface area contributed by atoms with Crippen LogP contribution in [0.5, 0.6) is 0 Å². The van der Waals surface area contributed by atoms with Gasteiger partial charge >= 0.3 is 11.9 Å². The number of rotatable bonds is 11. The van der Waals surface area contributed by atoms with Gasteiger partial charge in [0.2, 0.25) is 0 Å². The molecule has 0 amide bonds. The monoisotopic (exact) mass is 304 g/mol. The first-order valence-corrected chi connectivity index (χ1v) is 7.32. The molecule has 2 heterocycles. The van der Waals surface area contributed by atoms with Crippen molar-refractivity contribution in [1.29, 1.82) is 0 Å². The quantitative estimate of drug-likeness (QED) is 0.437. The third-order valence-electron chi connectivity index (χ3n) is 2.94. The Hall–Kier alpha value is -1.18. The second-order valence-electron chi connectivity index (χ2n) is 5.15. The molecule has 0 aromatic carbocycles. The molecule has 2 fully saturated rings. The van der Waals surface area contributed by atoms with Crippen molar-refractivity contribution in [3.05, 3.63) is 0 Å². The van der Waals surface area contributed by atoms with E-state index in [9.17, 15) is 9.59 Å². The summed E-state index contributed by atoms with van der Waals surface area (Å²) < 4.78 is 15.1. The van der Waals surface area contributed by atoms with Gasteiger partial charge in [0.05, 0.1) is 26.4 Å². The summed E-state index contributed by atoms with van der Waals surface area (Å²) >= 11 is 0. The molecule has 0 bridgehead atoms. The number of ether oxygens (including phenoxy) is 3. The maximum absolute atomic E-state index is 10.0. The highest BCUT2D eigenvalue weighted by molar-refractivity contribution is 5.66. The van der Waals surface area contributed by atoms with Gasteiger partial charge in [-0.25, -0.2) is 0 Å². The maximum atomic E-state index is 10.0. The highest BCUT2D eigenvalue weighted by Crippen LogP contribution is 2.12. The standard InChI is InChI=1S/C8H14O4.C6H10O3/c9-7(10)5-3-1-2-4-6-8(11)12;1(5-3-8-5)7-2-6-4-9-6/h1-6H2,(H,9,10)(H,11,12);5-6H,1-4H2. The summed E-state index contributed by atoms with van der Waals surface area (Å²) in [5.74, 6) is -1.57. The van der Waals surface area contributed by atoms with Crippen molar-refractivity contribution in [1.82, 2.24) is 0 Å². The topological polar surface area (TPSA) is 109 Å². The molecule has 7 heteroatoms. The second-order valence-corrected chi connectivity index (χ2v) is 5.15. The maximum Gasteiger partial charge on any atom is 0.303 e. The first-order chi connectivity index (χ1) is 10.1. The molecule has 2 rings (SSSR count). The zero-order chi connectivity index (χ0) is 15.5. The highest BCUT2D eigenvalue weighted by Gasteiger charge is 2.26. The van der Waals surface area contributed by atoms with Gasteiger partial charge in [-0.05, 0) is 12.8 Å². The Kier molecular flexibility index (Phi) is 8.96. The number of unbranched alkanes of at least 4 members (excludes halogenated alkanes) is 3. The summed E-state index contributed by atoms with van der Waals surface area (Å²) in [4.78, 5) is 20.1. The van der Waals surface area contributed by atoms with Gasteiger partial charge < -0.3 is 24.4 Å². The number of epoxide rings is 2. The van der Waals surface area contributed by atoms with Crippen LogP contribution in [0.1, 0.15) is 38.5 Å². The van der Waals surface area contributed by atoms with E-state index < -0.39 is 11.9 Å². The minimum absolute atomic E-state index is 0.188. The third-order valence-corrected chi connectivity index (χ3v) is 2.94. The van der Waals surface area contributed by atoms with E-state index in [0.29, 0.717) is 25.0 Å². The molecule has 0 aliphatic carbocycles. The molecule has 2 aliphatic heterocycles. The Bertz CT molecular complexity index is 280. The van der Waals surface area contributed by atoms with Crippen molar-refractivity contribution in [2.75, 3.05) is 26.4 Å². The van der Waals surface area contributed by atoms with Gasteiger partial charge in [-0.2, -0.15) is 0 Å². The molecule has 2 N–H and O–H groups in total. The molecule has 7 nitrogen and oxygen atoms in total. The Balaban J connectivity index is 0.000000216. The number of carbonyl (C=O) groups is 2. The summed E-state index contributed by atoms with van der Waals surface area (Å²) in [7, 11) is 0. The Morgan fingerprint density at radius 2 is 1.24 bits per heavy atom. The van der Waals surface area contributed by atoms with Gasteiger partial charge in [-0.15, -0.1) is 0 Å². The summed E-state index contributed by atoms with van der Waals surface area (Å²) in [6.45, 7) is 3.26. The van der Waals surface area contributed by atoms with Crippen LogP contribution in [0.4, 0.5) is 0 Å². The van der Waals surface area contributed by atoms with Crippen LogP contribution >= 0.6 is 0 Å². The van der Waals surface area contributed by atoms with E-state index in [-0.39, 0.29) is 12.8 Å². The first kappa shape index (κ1) is 17.9. The fraction of sp³-hybridized carbons (Fsp3) is 0.857. The fourth-order valence-electron chi connectivity index (χ4n) is 1.57. The van der Waals surface area contributed by atoms with Crippen LogP contribution < -0.4 is 0 Å². The summed E-state index contributed by atoms with van der Waals surface area (Å²) in [6, 6.07) is 0. The molecule has 122 valence electrons. The van der Waals surface area contributed by atoms with Crippen molar-refractivity contribution >= 4 is 11.9 Å². The van der Waals surface area contributed by atoms with Crippen LogP contribution in [-0.2, 0) is 23.8 Å². The molecule has 0 aromatic rings. The molecule has 0 saturated carbocycles. The number of hydrogen-bond donors (Lipinski definition) is 2. The second kappa shape index (κ2) is 10.5. The molecule has 0 aromatic heterocycles. The van der Waals surface area contributed by atoms with Gasteiger partial charge in [-0.1, -0.05) is 12.8 Å². The lowest BCUT2D eigenvalue weighted by molar-refractivity contribution is -0.138. The first-order valence-electron chi connectivity index (χ1n) is 7.32. The smallest absolute Gasteiger partial charge is 0.303 e. The lowest BCUT2D eigenvalue weighted by Crippen LogP contribution is -2.06. The summed E-state index contributed by atoms with van der Waals surface area (Å²) in [5, 5.41) is 16.5. The van der Waals surface area contributed by atoms with Crippen molar-refractivity contribution in [3.8, 4) is 0 Å². The average molecular weight is 304 g/mol. The van der Waals surface area contributed by atoms with Crippen LogP contribution in [0.15, 0.2) is 0 Å². The summed E-state index contributed by atoms with van der Waals surface area (Å²) in [5.41, 5.74) is 0. The Labute approximate surface area is 124 Å². The minimum Gasteiger partial charge on any atom is -0.481 e. The van der Waals surface area contributed by atoms with E-state index in [1.807, 2.05) is 0 Å². The number of hydrogen-bond acceptors (Lipinski definition) is 5. The van der Waals surface area contributed by atoms with E-state index in [0.717, 1.165) is 39.3 Å². The predicted molar refractivity (Wildman–Crippen MR) is 73.3 cm³/mol. The molecule has 21 heavy (non-hydrogen) atoms. The fourth-order valence-corrected chi connectivity index (χ4v) is 1.57. The van der Waals surface area contributed by atoms with Crippen molar-refractivity contribution in [3.63, 3.8) is 0 Å². The lowest BCUT2D eigenvalue weighted by atomic mass is 10.1. The SMILES string of the molecule is C(OCC1CO1)C1CO1.O=C(O)CCCCCCC(=O)O. The molecule has 2 saturated heterocycles. The number of carboxylic acid groups (broad SMARTS) is 2.